The number of carbonyl (C=O) groups is 1. The Morgan fingerprint density at radius 1 is 1.27 bits per heavy atom. The van der Waals surface area contributed by atoms with Crippen molar-refractivity contribution in [1.29, 1.82) is 0 Å². The van der Waals surface area contributed by atoms with E-state index in [1.165, 1.54) is 15.9 Å². The second kappa shape index (κ2) is 7.47. The first-order valence-electron chi connectivity index (χ1n) is 9.49. The molecule has 0 saturated carbocycles. The highest BCUT2D eigenvalue weighted by Crippen LogP contribution is 2.32. The summed E-state index contributed by atoms with van der Waals surface area (Å²) in [5, 5.41) is 4.99. The lowest BCUT2D eigenvalue weighted by Crippen LogP contribution is -2.41. The number of carbonyl (C=O) groups excluding carboxylic acids is 1. The minimum absolute atomic E-state index is 0.0278. The van der Waals surface area contributed by atoms with Gasteiger partial charge in [0.05, 0.1) is 30.9 Å². The molecular formula is C20H18N6O3S. The van der Waals surface area contributed by atoms with Gasteiger partial charge in [0.1, 0.15) is 10.8 Å². The lowest BCUT2D eigenvalue weighted by atomic mass is 10.1. The van der Waals surface area contributed by atoms with E-state index in [9.17, 15) is 9.59 Å². The predicted octanol–water partition coefficient (Wildman–Crippen LogP) is 1.39. The SMILES string of the molecule is Nc1c(C=C2C=Nc3ccccc32)c(=O)nc2sc(CC(=O)N3CCOCC3)nn12. The number of nitrogen functional groups attached to an aromatic ring is 1. The monoisotopic (exact) mass is 422 g/mol. The fraction of sp³-hybridized carbons (Fsp3) is 0.250. The molecule has 152 valence electrons. The smallest absolute Gasteiger partial charge is 0.283 e. The summed E-state index contributed by atoms with van der Waals surface area (Å²) in [5.74, 6) is 0.164. The van der Waals surface area contributed by atoms with E-state index in [2.05, 4.69) is 15.1 Å². The van der Waals surface area contributed by atoms with Crippen molar-refractivity contribution in [2.75, 3.05) is 32.0 Å². The molecule has 1 amide bonds. The molecule has 2 aliphatic rings. The molecule has 30 heavy (non-hydrogen) atoms. The number of allylic oxidation sites excluding steroid dienone is 1. The number of nitrogens with two attached hydrogens (primary N) is 1. The fourth-order valence-electron chi connectivity index (χ4n) is 3.49. The van der Waals surface area contributed by atoms with E-state index in [1.54, 1.807) is 17.2 Å². The highest BCUT2D eigenvalue weighted by atomic mass is 32.1. The number of rotatable bonds is 3. The van der Waals surface area contributed by atoms with Gasteiger partial charge in [-0.2, -0.15) is 14.6 Å². The van der Waals surface area contributed by atoms with Crippen molar-refractivity contribution in [3.8, 4) is 0 Å². The number of amides is 1. The largest absolute Gasteiger partial charge is 0.383 e. The Balaban J connectivity index is 1.48. The van der Waals surface area contributed by atoms with Gasteiger partial charge in [-0.3, -0.25) is 14.6 Å². The van der Waals surface area contributed by atoms with Crippen molar-refractivity contribution in [2.24, 2.45) is 4.99 Å². The molecule has 0 atom stereocenters. The zero-order valence-electron chi connectivity index (χ0n) is 15.9. The first kappa shape index (κ1) is 18.6. The highest BCUT2D eigenvalue weighted by molar-refractivity contribution is 7.16. The molecule has 10 heteroatoms. The van der Waals surface area contributed by atoms with Crippen molar-refractivity contribution < 1.29 is 9.53 Å². The number of aliphatic imine (C=N–C) groups is 1. The Kier molecular flexibility index (Phi) is 4.64. The number of benzene rings is 1. The van der Waals surface area contributed by atoms with Crippen molar-refractivity contribution in [3.63, 3.8) is 0 Å². The van der Waals surface area contributed by atoms with Gasteiger partial charge in [0, 0.05) is 30.4 Å². The summed E-state index contributed by atoms with van der Waals surface area (Å²) in [7, 11) is 0. The Hall–Kier alpha value is -3.37. The summed E-state index contributed by atoms with van der Waals surface area (Å²) in [6, 6.07) is 7.66. The van der Waals surface area contributed by atoms with Crippen LogP contribution in [0.25, 0.3) is 16.6 Å². The average Bonchev–Trinajstić information content (AvgIpc) is 3.35. The van der Waals surface area contributed by atoms with Crippen LogP contribution in [-0.4, -0.2) is 57.9 Å². The first-order chi connectivity index (χ1) is 14.6. The molecule has 0 spiro atoms. The van der Waals surface area contributed by atoms with Crippen LogP contribution in [0.2, 0.25) is 0 Å². The zero-order chi connectivity index (χ0) is 20.7. The molecule has 0 radical (unpaired) electrons. The third kappa shape index (κ3) is 3.29. The molecule has 5 rings (SSSR count). The molecule has 0 bridgehead atoms. The molecule has 0 unspecified atom stereocenters. The van der Waals surface area contributed by atoms with Gasteiger partial charge in [-0.15, -0.1) is 0 Å². The van der Waals surface area contributed by atoms with E-state index in [0.717, 1.165) is 16.8 Å². The summed E-state index contributed by atoms with van der Waals surface area (Å²) in [6.45, 7) is 2.23. The molecule has 1 fully saturated rings. The number of hydrogen-bond donors (Lipinski definition) is 1. The number of anilines is 1. The minimum atomic E-state index is -0.438. The molecule has 2 aromatic heterocycles. The normalized spacial score (nSPS) is 17.1. The van der Waals surface area contributed by atoms with Crippen molar-refractivity contribution >= 4 is 51.6 Å². The summed E-state index contributed by atoms with van der Waals surface area (Å²) in [5.41, 5.74) is 8.64. The lowest BCUT2D eigenvalue weighted by Gasteiger charge is -2.26. The third-order valence-corrected chi connectivity index (χ3v) is 5.97. The van der Waals surface area contributed by atoms with Crippen LogP contribution in [0.4, 0.5) is 11.5 Å². The van der Waals surface area contributed by atoms with Gasteiger partial charge in [-0.25, -0.2) is 0 Å². The number of ether oxygens (including phenoxy) is 1. The predicted molar refractivity (Wildman–Crippen MR) is 115 cm³/mol. The minimum Gasteiger partial charge on any atom is -0.383 e. The van der Waals surface area contributed by atoms with Gasteiger partial charge in [-0.1, -0.05) is 29.5 Å². The van der Waals surface area contributed by atoms with Gasteiger partial charge in [0.25, 0.3) is 5.56 Å². The van der Waals surface area contributed by atoms with Gasteiger partial charge in [0.2, 0.25) is 10.9 Å². The van der Waals surface area contributed by atoms with Crippen LogP contribution in [0.1, 0.15) is 16.1 Å². The number of nitrogens with zero attached hydrogens (tertiary/aromatic N) is 5. The molecule has 2 N–H and O–H groups in total. The Morgan fingerprint density at radius 3 is 2.90 bits per heavy atom. The second-order valence-corrected chi connectivity index (χ2v) is 7.99. The molecule has 2 aliphatic heterocycles. The summed E-state index contributed by atoms with van der Waals surface area (Å²) in [4.78, 5) is 35.7. The van der Waals surface area contributed by atoms with Gasteiger partial charge in [-0.05, 0) is 12.1 Å². The molecule has 3 aromatic rings. The van der Waals surface area contributed by atoms with E-state index in [0.29, 0.717) is 36.3 Å². The standard InChI is InChI=1S/C20H18N6O3S/c21-18-14(9-12-11-22-15-4-2-1-3-13(12)15)19(28)23-20-26(18)24-16(30-20)10-17(27)25-5-7-29-8-6-25/h1-4,9,11H,5-8,10,21H2. The average molecular weight is 422 g/mol. The maximum atomic E-state index is 12.6. The molecule has 4 heterocycles. The number of hydrogen-bond acceptors (Lipinski definition) is 8. The zero-order valence-corrected chi connectivity index (χ0v) is 16.8. The van der Waals surface area contributed by atoms with Crippen molar-refractivity contribution in [1.82, 2.24) is 19.5 Å². The molecule has 0 aliphatic carbocycles. The van der Waals surface area contributed by atoms with Gasteiger partial charge in [0.15, 0.2) is 0 Å². The maximum Gasteiger partial charge on any atom is 0.283 e. The highest BCUT2D eigenvalue weighted by Gasteiger charge is 2.21. The number of fused-ring (bicyclic) bond motifs is 2. The van der Waals surface area contributed by atoms with Crippen LogP contribution in [0.3, 0.4) is 0 Å². The first-order valence-corrected chi connectivity index (χ1v) is 10.3. The van der Waals surface area contributed by atoms with Crippen LogP contribution >= 0.6 is 11.3 Å². The van der Waals surface area contributed by atoms with E-state index in [-0.39, 0.29) is 23.7 Å². The molecule has 1 aromatic carbocycles. The van der Waals surface area contributed by atoms with Crippen molar-refractivity contribution in [2.45, 2.75) is 6.42 Å². The van der Waals surface area contributed by atoms with E-state index < -0.39 is 5.56 Å². The Bertz CT molecular complexity index is 1270. The van der Waals surface area contributed by atoms with Crippen LogP contribution < -0.4 is 11.3 Å². The molecule has 1 saturated heterocycles. The molecular weight excluding hydrogens is 404 g/mol. The summed E-state index contributed by atoms with van der Waals surface area (Å²) in [6.07, 6.45) is 3.52. The van der Waals surface area contributed by atoms with E-state index in [4.69, 9.17) is 10.5 Å². The van der Waals surface area contributed by atoms with Crippen LogP contribution in [-0.2, 0) is 16.0 Å². The lowest BCUT2D eigenvalue weighted by molar-refractivity contribution is -0.134. The summed E-state index contributed by atoms with van der Waals surface area (Å²) < 4.78 is 6.71. The fourth-order valence-corrected chi connectivity index (χ4v) is 4.37. The van der Waals surface area contributed by atoms with Crippen LogP contribution in [0, 0.1) is 0 Å². The maximum absolute atomic E-state index is 12.6. The van der Waals surface area contributed by atoms with E-state index in [1.807, 2.05) is 24.3 Å². The second-order valence-electron chi connectivity index (χ2n) is 6.95. The Morgan fingerprint density at radius 2 is 2.07 bits per heavy atom. The third-order valence-electron chi connectivity index (χ3n) is 5.06. The molecule has 9 nitrogen and oxygen atoms in total. The number of para-hydroxylation sites is 1. The topological polar surface area (TPSA) is 115 Å². The van der Waals surface area contributed by atoms with E-state index >= 15 is 0 Å². The summed E-state index contributed by atoms with van der Waals surface area (Å²) >= 11 is 1.19. The van der Waals surface area contributed by atoms with Crippen LogP contribution in [0.5, 0.6) is 0 Å². The van der Waals surface area contributed by atoms with Gasteiger partial charge >= 0.3 is 0 Å². The number of morpholine rings is 1. The van der Waals surface area contributed by atoms with Crippen LogP contribution in [0.15, 0.2) is 34.1 Å². The Labute approximate surface area is 175 Å². The van der Waals surface area contributed by atoms with Gasteiger partial charge < -0.3 is 15.4 Å². The quantitative estimate of drug-likeness (QED) is 0.682. The van der Waals surface area contributed by atoms with Crippen molar-refractivity contribution in [3.05, 3.63) is 50.8 Å². The number of aromatic nitrogens is 3.